The molecule has 5 heterocycles. The highest BCUT2D eigenvalue weighted by atomic mass is 16.3. The van der Waals surface area contributed by atoms with Crippen molar-refractivity contribution in [2.45, 2.75) is 0 Å². The molecule has 34 heavy (non-hydrogen) atoms. The highest BCUT2D eigenvalue weighted by Crippen LogP contribution is 2.39. The van der Waals surface area contributed by atoms with Crippen LogP contribution in [-0.4, -0.2) is 25.5 Å². The molecule has 9 rings (SSSR count). The van der Waals surface area contributed by atoms with Crippen molar-refractivity contribution in [3.63, 3.8) is 0 Å². The Bertz CT molecular complexity index is 2190. The van der Waals surface area contributed by atoms with Crippen molar-refractivity contribution in [3.05, 3.63) is 99.6 Å². The molecule has 7 nitrogen and oxygen atoms in total. The van der Waals surface area contributed by atoms with Crippen LogP contribution in [0.25, 0.3) is 55.1 Å². The fourth-order valence-corrected chi connectivity index (χ4v) is 6.10. The third kappa shape index (κ3) is 1.61. The van der Waals surface area contributed by atoms with Gasteiger partial charge in [0.2, 0.25) is 0 Å². The largest absolute Gasteiger partial charge is 0.456 e. The highest BCUT2D eigenvalue weighted by Gasteiger charge is 2.49. The summed E-state index contributed by atoms with van der Waals surface area (Å²) in [5.41, 5.74) is 5.34. The number of para-hydroxylation sites is 3. The fourth-order valence-electron chi connectivity index (χ4n) is 6.10. The van der Waals surface area contributed by atoms with Crippen LogP contribution in [0.15, 0.2) is 92.9 Å². The van der Waals surface area contributed by atoms with Gasteiger partial charge in [0.15, 0.2) is 5.58 Å². The number of furan rings is 1. The molecule has 7 aromatic rings. The zero-order valence-corrected chi connectivity index (χ0v) is 17.6. The second kappa shape index (κ2) is 5.26. The summed E-state index contributed by atoms with van der Waals surface area (Å²) < 4.78 is 13.9. The predicted molar refractivity (Wildman–Crippen MR) is 132 cm³/mol. The minimum atomic E-state index is -0.372. The zero-order chi connectivity index (χ0) is 22.3. The van der Waals surface area contributed by atoms with Crippen molar-refractivity contribution < 1.29 is 4.42 Å². The van der Waals surface area contributed by atoms with Crippen LogP contribution in [-0.2, 0) is 0 Å². The van der Waals surface area contributed by atoms with Gasteiger partial charge in [-0.2, -0.15) is 0 Å². The molecule has 0 atom stereocenters. The first-order valence-corrected chi connectivity index (χ1v) is 11.2. The van der Waals surface area contributed by atoms with Gasteiger partial charge in [0.1, 0.15) is 11.3 Å². The van der Waals surface area contributed by atoms with Crippen molar-refractivity contribution in [2.24, 2.45) is 0 Å². The van der Waals surface area contributed by atoms with Crippen LogP contribution in [0.4, 0.5) is 0 Å². The van der Waals surface area contributed by atoms with Gasteiger partial charge in [-0.3, -0.25) is 18.8 Å². The number of fused-ring (bicyclic) bond motifs is 14. The summed E-state index contributed by atoms with van der Waals surface area (Å²) in [5, 5.41) is 3.14. The highest BCUT2D eigenvalue weighted by molar-refractivity contribution is 6.76. The maximum Gasteiger partial charge on any atom is 0.456 e. The Balaban J connectivity index is 1.61. The average molecular weight is 440 g/mol. The van der Waals surface area contributed by atoms with Crippen molar-refractivity contribution in [2.75, 3.05) is 0 Å². The number of aromatic nitrogens is 4. The monoisotopic (exact) mass is 440 g/mol. The van der Waals surface area contributed by atoms with Gasteiger partial charge in [0, 0.05) is 16.2 Å². The van der Waals surface area contributed by atoms with E-state index in [0.29, 0.717) is 16.4 Å². The summed E-state index contributed by atoms with van der Waals surface area (Å²) in [6.07, 6.45) is 0. The molecule has 0 saturated carbocycles. The Morgan fingerprint density at radius 2 is 1.24 bits per heavy atom. The lowest BCUT2D eigenvalue weighted by molar-refractivity contribution is 0.658. The third-order valence-electron chi connectivity index (χ3n) is 7.40. The van der Waals surface area contributed by atoms with Crippen LogP contribution in [0, 0.1) is 0 Å². The second-order valence-corrected chi connectivity index (χ2v) is 8.96. The lowest BCUT2D eigenvalue weighted by Crippen LogP contribution is -2.39. The summed E-state index contributed by atoms with van der Waals surface area (Å²) >= 11 is 0. The normalized spacial score (nSPS) is 13.5. The topological polar surface area (TPSA) is 67.0 Å². The van der Waals surface area contributed by atoms with Gasteiger partial charge in [0.05, 0.1) is 27.5 Å². The van der Waals surface area contributed by atoms with Gasteiger partial charge in [-0.25, -0.2) is 9.36 Å². The molecule has 0 unspecified atom stereocenters. The molecule has 0 saturated heterocycles. The molecule has 0 spiro atoms. The predicted octanol–water partition coefficient (Wildman–Crippen LogP) is 3.22. The molecule has 0 N–H and O–H groups in total. The first kappa shape index (κ1) is 16.9. The maximum atomic E-state index is 13.7. The molecule has 4 aromatic carbocycles. The molecule has 0 radical (unpaired) electrons. The van der Waals surface area contributed by atoms with Gasteiger partial charge in [-0.15, -0.1) is 0 Å². The first-order chi connectivity index (χ1) is 16.7. The van der Waals surface area contributed by atoms with Crippen LogP contribution in [0.3, 0.4) is 0 Å². The van der Waals surface area contributed by atoms with Crippen LogP contribution >= 0.6 is 0 Å². The maximum absolute atomic E-state index is 13.7. The Morgan fingerprint density at radius 3 is 1.97 bits per heavy atom. The summed E-state index contributed by atoms with van der Waals surface area (Å²) in [4.78, 5) is 27.3. The summed E-state index contributed by atoms with van der Waals surface area (Å²) in [6, 6.07) is 25.2. The number of benzene rings is 4. The molecule has 2 aliphatic rings. The van der Waals surface area contributed by atoms with Crippen molar-refractivity contribution in [1.82, 2.24) is 18.5 Å². The lowest BCUT2D eigenvalue weighted by Gasteiger charge is -2.13. The molecular weight excluding hydrogens is 427 g/mol. The van der Waals surface area contributed by atoms with Crippen LogP contribution in [0.5, 0.6) is 0 Å². The molecule has 0 fully saturated rings. The van der Waals surface area contributed by atoms with Gasteiger partial charge >= 0.3 is 6.98 Å². The van der Waals surface area contributed by atoms with Gasteiger partial charge in [-0.1, -0.05) is 42.5 Å². The number of rotatable bonds is 0. The summed E-state index contributed by atoms with van der Waals surface area (Å²) in [6.45, 7) is -0.372. The van der Waals surface area contributed by atoms with E-state index in [-0.39, 0.29) is 18.1 Å². The second-order valence-electron chi connectivity index (χ2n) is 8.96. The Labute approximate surface area is 190 Å². The summed E-state index contributed by atoms with van der Waals surface area (Å²) in [5.74, 6) is 0. The van der Waals surface area contributed by atoms with E-state index < -0.39 is 0 Å². The van der Waals surface area contributed by atoms with E-state index in [1.165, 1.54) is 0 Å². The molecule has 158 valence electrons. The molecule has 0 amide bonds. The molecule has 2 aliphatic heterocycles. The first-order valence-electron chi connectivity index (χ1n) is 11.2. The van der Waals surface area contributed by atoms with E-state index >= 15 is 0 Å². The smallest absolute Gasteiger partial charge is 0.454 e. The fraction of sp³-hybridized carbons (Fsp3) is 0. The summed E-state index contributed by atoms with van der Waals surface area (Å²) in [7, 11) is 0. The van der Waals surface area contributed by atoms with Crippen LogP contribution < -0.4 is 16.6 Å². The quantitative estimate of drug-likeness (QED) is 0.340. The van der Waals surface area contributed by atoms with E-state index in [9.17, 15) is 9.59 Å². The average Bonchev–Trinajstić information content (AvgIpc) is 3.63. The Kier molecular flexibility index (Phi) is 2.61. The molecule has 0 bridgehead atoms. The van der Waals surface area contributed by atoms with Gasteiger partial charge in [0.25, 0.3) is 11.1 Å². The number of nitrogens with zero attached hydrogens (tertiary/aromatic N) is 4. The molecule has 3 aromatic heterocycles. The minimum absolute atomic E-state index is 0.0651. The van der Waals surface area contributed by atoms with Crippen molar-refractivity contribution in [3.8, 4) is 11.4 Å². The van der Waals surface area contributed by atoms with E-state index in [4.69, 9.17) is 4.42 Å². The lowest BCUT2D eigenvalue weighted by atomic mass is 9.68. The van der Waals surface area contributed by atoms with Crippen LogP contribution in [0.2, 0.25) is 0 Å². The standard InChI is InChI=1S/C26H13BN4O3/c32-25-15-8-1-4-10-18(15)30-27-22-20(28(25)30)13-17-14-7-3-6-12-21(14)34-24(17)23(22)29-26(33)16-9-2-5-11-19(16)31(27)29/h1-13H. The minimum Gasteiger partial charge on any atom is -0.454 e. The Hall–Kier alpha value is -4.72. The molecule has 0 aliphatic carbocycles. The van der Waals surface area contributed by atoms with E-state index in [1.54, 1.807) is 9.36 Å². The van der Waals surface area contributed by atoms with Crippen LogP contribution in [0.1, 0.15) is 0 Å². The number of hydrogen-bond acceptors (Lipinski definition) is 3. The zero-order valence-electron chi connectivity index (χ0n) is 17.6. The van der Waals surface area contributed by atoms with E-state index in [0.717, 1.165) is 44.2 Å². The molecule has 8 heteroatoms. The third-order valence-corrected chi connectivity index (χ3v) is 7.40. The van der Waals surface area contributed by atoms with Crippen molar-refractivity contribution in [1.29, 1.82) is 0 Å². The van der Waals surface area contributed by atoms with E-state index in [2.05, 4.69) is 0 Å². The molecular formula is C26H13BN4O3. The number of hydrogen-bond donors (Lipinski definition) is 0. The van der Waals surface area contributed by atoms with Crippen molar-refractivity contribution >= 4 is 56.2 Å². The van der Waals surface area contributed by atoms with Gasteiger partial charge in [-0.05, 0) is 36.4 Å². The Morgan fingerprint density at radius 1 is 0.647 bits per heavy atom. The van der Waals surface area contributed by atoms with E-state index in [1.807, 2.05) is 88.0 Å². The van der Waals surface area contributed by atoms with Gasteiger partial charge < -0.3 is 4.42 Å². The SMILES string of the molecule is O=c1c2ccccc2n2n1-c1cc3c(oc4ccccc43)c3c1B2n1c2ccccc2c(=O)n1-3.